The van der Waals surface area contributed by atoms with Crippen molar-refractivity contribution in [3.63, 3.8) is 0 Å². The number of benzene rings is 1. The molecule has 160 valence electrons. The zero-order valence-electron chi connectivity index (χ0n) is 16.4. The van der Waals surface area contributed by atoms with Gasteiger partial charge in [0, 0.05) is 39.3 Å². The van der Waals surface area contributed by atoms with Crippen molar-refractivity contribution in [1.82, 2.24) is 10.6 Å². The fourth-order valence-electron chi connectivity index (χ4n) is 3.21. The maximum Gasteiger partial charge on any atom is 0.191 e. The molecule has 0 aliphatic carbocycles. The Bertz CT molecular complexity index is 754. The van der Waals surface area contributed by atoms with Gasteiger partial charge in [0.1, 0.15) is 29.7 Å². The van der Waals surface area contributed by atoms with Crippen molar-refractivity contribution in [2.24, 2.45) is 4.99 Å². The van der Waals surface area contributed by atoms with Crippen molar-refractivity contribution in [2.75, 3.05) is 38.2 Å². The Hall–Kier alpha value is -1.88. The highest BCUT2D eigenvalue weighted by Gasteiger charge is 2.27. The molecule has 1 aromatic carbocycles. The predicted octanol–water partition coefficient (Wildman–Crippen LogP) is 3.53. The molecule has 1 aliphatic rings. The van der Waals surface area contributed by atoms with Crippen LogP contribution in [0.3, 0.4) is 0 Å². The molecular formula is C20H27F2IN4O2. The lowest BCUT2D eigenvalue weighted by atomic mass is 10.2. The first kappa shape index (κ1) is 23.4. The van der Waals surface area contributed by atoms with Gasteiger partial charge in [-0.25, -0.2) is 8.78 Å². The van der Waals surface area contributed by atoms with E-state index in [-0.39, 0.29) is 35.7 Å². The summed E-state index contributed by atoms with van der Waals surface area (Å²) in [4.78, 5) is 5.95. The van der Waals surface area contributed by atoms with Crippen molar-refractivity contribution >= 4 is 35.6 Å². The van der Waals surface area contributed by atoms with Crippen molar-refractivity contribution < 1.29 is 17.9 Å². The first-order valence-corrected chi connectivity index (χ1v) is 9.43. The number of halogens is 3. The standard InChI is InChI=1S/C20H26F2N4O2.HI/c1-23-20(24-9-4-11-27-14-16-5-3-12-28-16)25-15-8-10-26(13-15)19-17(21)6-2-7-18(19)22;/h2-3,5-7,12,15H,4,8-11,13-14H2,1H3,(H2,23,24,25);1H. The van der Waals surface area contributed by atoms with Crippen LogP contribution in [0.25, 0.3) is 0 Å². The smallest absolute Gasteiger partial charge is 0.191 e. The van der Waals surface area contributed by atoms with Gasteiger partial charge in [0.05, 0.1) is 6.26 Å². The third-order valence-electron chi connectivity index (χ3n) is 4.59. The highest BCUT2D eigenvalue weighted by atomic mass is 127. The zero-order valence-corrected chi connectivity index (χ0v) is 18.7. The maximum absolute atomic E-state index is 14.0. The van der Waals surface area contributed by atoms with Gasteiger partial charge >= 0.3 is 0 Å². The SMILES string of the molecule is CN=C(NCCCOCc1ccco1)NC1CCN(c2c(F)cccc2F)C1.I. The molecule has 2 N–H and O–H groups in total. The number of furan rings is 1. The van der Waals surface area contributed by atoms with Gasteiger partial charge in [0.2, 0.25) is 0 Å². The molecule has 0 radical (unpaired) electrons. The Morgan fingerprint density at radius 2 is 2.07 bits per heavy atom. The van der Waals surface area contributed by atoms with Crippen LogP contribution >= 0.6 is 24.0 Å². The molecule has 6 nitrogen and oxygen atoms in total. The molecule has 1 aliphatic heterocycles. The number of rotatable bonds is 8. The monoisotopic (exact) mass is 520 g/mol. The number of hydrogen-bond donors (Lipinski definition) is 2. The lowest BCUT2D eigenvalue weighted by molar-refractivity contribution is 0.105. The second-order valence-electron chi connectivity index (χ2n) is 6.63. The second-order valence-corrected chi connectivity index (χ2v) is 6.63. The van der Waals surface area contributed by atoms with Gasteiger partial charge in [-0.2, -0.15) is 0 Å². The van der Waals surface area contributed by atoms with Crippen molar-refractivity contribution in [1.29, 1.82) is 0 Å². The third kappa shape index (κ3) is 6.84. The molecule has 3 rings (SSSR count). The van der Waals surface area contributed by atoms with Crippen LogP contribution in [0, 0.1) is 11.6 Å². The van der Waals surface area contributed by atoms with E-state index in [9.17, 15) is 8.78 Å². The van der Waals surface area contributed by atoms with Gasteiger partial charge in [0.25, 0.3) is 0 Å². The van der Waals surface area contributed by atoms with Gasteiger partial charge in [0.15, 0.2) is 5.96 Å². The largest absolute Gasteiger partial charge is 0.467 e. The minimum Gasteiger partial charge on any atom is -0.467 e. The Balaban J connectivity index is 0.00000300. The number of para-hydroxylation sites is 1. The summed E-state index contributed by atoms with van der Waals surface area (Å²) in [6.45, 7) is 2.88. The van der Waals surface area contributed by atoms with Crippen LogP contribution in [0.4, 0.5) is 14.5 Å². The van der Waals surface area contributed by atoms with Gasteiger partial charge in [-0.05, 0) is 37.1 Å². The van der Waals surface area contributed by atoms with Crippen molar-refractivity contribution in [3.05, 3.63) is 54.0 Å². The summed E-state index contributed by atoms with van der Waals surface area (Å²) in [5, 5.41) is 6.55. The van der Waals surface area contributed by atoms with E-state index in [1.54, 1.807) is 18.2 Å². The Morgan fingerprint density at radius 3 is 2.76 bits per heavy atom. The molecule has 1 aromatic heterocycles. The zero-order chi connectivity index (χ0) is 19.8. The Kier molecular flexibility index (Phi) is 9.65. The number of nitrogens with zero attached hydrogens (tertiary/aromatic N) is 2. The summed E-state index contributed by atoms with van der Waals surface area (Å²) < 4.78 is 38.7. The van der Waals surface area contributed by atoms with Gasteiger partial charge in [-0.1, -0.05) is 6.07 Å². The fraction of sp³-hybridized carbons (Fsp3) is 0.450. The van der Waals surface area contributed by atoms with E-state index in [4.69, 9.17) is 9.15 Å². The molecule has 0 saturated carbocycles. The molecule has 1 saturated heterocycles. The summed E-state index contributed by atoms with van der Waals surface area (Å²) in [5.74, 6) is 0.421. The van der Waals surface area contributed by atoms with E-state index < -0.39 is 11.6 Å². The van der Waals surface area contributed by atoms with E-state index in [0.29, 0.717) is 38.8 Å². The molecule has 2 aromatic rings. The summed E-state index contributed by atoms with van der Waals surface area (Å²) in [6.07, 6.45) is 3.22. The van der Waals surface area contributed by atoms with Crippen LogP contribution in [0.1, 0.15) is 18.6 Å². The van der Waals surface area contributed by atoms with Crippen LogP contribution in [-0.4, -0.2) is 45.3 Å². The van der Waals surface area contributed by atoms with Gasteiger partial charge in [-0.15, -0.1) is 24.0 Å². The summed E-state index contributed by atoms with van der Waals surface area (Å²) >= 11 is 0. The van der Waals surface area contributed by atoms with Crippen LogP contribution in [0.15, 0.2) is 46.0 Å². The Labute approximate surface area is 186 Å². The lowest BCUT2D eigenvalue weighted by Gasteiger charge is -2.21. The van der Waals surface area contributed by atoms with E-state index in [1.165, 1.54) is 18.2 Å². The molecule has 0 amide bonds. The van der Waals surface area contributed by atoms with Gasteiger partial charge < -0.3 is 24.7 Å². The summed E-state index contributed by atoms with van der Waals surface area (Å²) in [7, 11) is 1.70. The minimum absolute atomic E-state index is 0. The number of guanidine groups is 1. The number of hydrogen-bond acceptors (Lipinski definition) is 4. The molecule has 2 heterocycles. The first-order chi connectivity index (χ1) is 13.7. The quantitative estimate of drug-likeness (QED) is 0.242. The highest BCUT2D eigenvalue weighted by molar-refractivity contribution is 14.0. The summed E-state index contributed by atoms with van der Waals surface area (Å²) in [6, 6.07) is 7.73. The molecule has 1 fully saturated rings. The van der Waals surface area contributed by atoms with E-state index in [2.05, 4.69) is 15.6 Å². The number of anilines is 1. The van der Waals surface area contributed by atoms with Crippen molar-refractivity contribution in [2.45, 2.75) is 25.5 Å². The molecule has 0 bridgehead atoms. The number of ether oxygens (including phenoxy) is 1. The maximum atomic E-state index is 14.0. The predicted molar refractivity (Wildman–Crippen MR) is 120 cm³/mol. The second kappa shape index (κ2) is 12.0. The average molecular weight is 520 g/mol. The van der Waals surface area contributed by atoms with E-state index >= 15 is 0 Å². The third-order valence-corrected chi connectivity index (χ3v) is 4.59. The first-order valence-electron chi connectivity index (χ1n) is 9.43. The lowest BCUT2D eigenvalue weighted by Crippen LogP contribution is -2.45. The van der Waals surface area contributed by atoms with Crippen LogP contribution < -0.4 is 15.5 Å². The molecule has 1 unspecified atom stereocenters. The molecule has 0 spiro atoms. The average Bonchev–Trinajstić information content (AvgIpc) is 3.35. The highest BCUT2D eigenvalue weighted by Crippen LogP contribution is 2.26. The van der Waals surface area contributed by atoms with Crippen LogP contribution in [-0.2, 0) is 11.3 Å². The Morgan fingerprint density at radius 1 is 1.28 bits per heavy atom. The normalized spacial score (nSPS) is 16.6. The minimum atomic E-state index is -0.530. The number of aliphatic imine (C=N–C) groups is 1. The van der Waals surface area contributed by atoms with Crippen LogP contribution in [0.2, 0.25) is 0 Å². The molecule has 29 heavy (non-hydrogen) atoms. The van der Waals surface area contributed by atoms with Crippen LogP contribution in [0.5, 0.6) is 0 Å². The summed E-state index contributed by atoms with van der Waals surface area (Å²) in [5.41, 5.74) is 0.0449. The van der Waals surface area contributed by atoms with Crippen molar-refractivity contribution in [3.8, 4) is 0 Å². The van der Waals surface area contributed by atoms with E-state index in [0.717, 1.165) is 18.6 Å². The molecule has 9 heteroatoms. The fourth-order valence-corrected chi connectivity index (χ4v) is 3.21. The van der Waals surface area contributed by atoms with E-state index in [1.807, 2.05) is 12.1 Å². The van der Waals surface area contributed by atoms with Gasteiger partial charge in [-0.3, -0.25) is 4.99 Å². The molecular weight excluding hydrogens is 493 g/mol. The number of nitrogens with one attached hydrogen (secondary N) is 2. The molecule has 1 atom stereocenters. The topological polar surface area (TPSA) is 62.0 Å².